The number of nitrogens with zero attached hydrogens (tertiary/aromatic N) is 2. The van der Waals surface area contributed by atoms with E-state index in [2.05, 4.69) is 0 Å². The third-order valence-corrected chi connectivity index (χ3v) is 4.22. The Labute approximate surface area is 133 Å². The molecular weight excluding hydrogens is 300 g/mol. The van der Waals surface area contributed by atoms with Crippen LogP contribution in [-0.2, 0) is 19.1 Å². The molecule has 1 aliphatic carbocycles. The number of benzene rings is 1. The zero-order valence-electron chi connectivity index (χ0n) is 12.8. The molecule has 0 amide bonds. The summed E-state index contributed by atoms with van der Waals surface area (Å²) in [5, 5.41) is 19.1. The summed E-state index contributed by atoms with van der Waals surface area (Å²) >= 11 is 0. The maximum atomic E-state index is 12.3. The minimum Gasteiger partial charge on any atom is -0.496 e. The number of nitriles is 2. The molecule has 0 saturated heterocycles. The van der Waals surface area contributed by atoms with Gasteiger partial charge in [-0.05, 0) is 6.07 Å². The number of hydrogen-bond acceptors (Lipinski definition) is 7. The van der Waals surface area contributed by atoms with Gasteiger partial charge in [0.05, 0.1) is 39.4 Å². The van der Waals surface area contributed by atoms with Crippen molar-refractivity contribution < 1.29 is 23.8 Å². The number of carbonyl (C=O) groups is 2. The average Bonchev–Trinajstić information content (AvgIpc) is 3.24. The molecule has 23 heavy (non-hydrogen) atoms. The Bertz CT molecular complexity index is 714. The molecule has 2 rings (SSSR count). The summed E-state index contributed by atoms with van der Waals surface area (Å²) in [7, 11) is 3.59. The minimum absolute atomic E-state index is 0.363. The average molecular weight is 314 g/mol. The number of ether oxygens (including phenoxy) is 3. The largest absolute Gasteiger partial charge is 0.496 e. The van der Waals surface area contributed by atoms with Gasteiger partial charge in [-0.2, -0.15) is 10.5 Å². The molecule has 7 heteroatoms. The van der Waals surface area contributed by atoms with E-state index in [1.807, 2.05) is 0 Å². The first-order valence-corrected chi connectivity index (χ1v) is 6.64. The predicted octanol–water partition coefficient (Wildman–Crippen LogP) is 1.16. The fraction of sp³-hybridized carbons (Fsp3) is 0.375. The quantitative estimate of drug-likeness (QED) is 0.605. The summed E-state index contributed by atoms with van der Waals surface area (Å²) in [5.41, 5.74) is -3.55. The molecule has 1 atom stereocenters. The van der Waals surface area contributed by atoms with Gasteiger partial charge in [-0.15, -0.1) is 0 Å². The molecule has 0 aromatic heterocycles. The van der Waals surface area contributed by atoms with Gasteiger partial charge in [0.15, 0.2) is 5.41 Å². The molecule has 1 unspecified atom stereocenters. The Balaban J connectivity index is 2.76. The minimum atomic E-state index is -2.03. The Morgan fingerprint density at radius 2 is 1.57 bits per heavy atom. The Morgan fingerprint density at radius 3 is 2.00 bits per heavy atom. The molecule has 1 saturated carbocycles. The molecule has 0 heterocycles. The van der Waals surface area contributed by atoms with Gasteiger partial charge in [-0.1, -0.05) is 18.2 Å². The Morgan fingerprint density at radius 1 is 1.04 bits per heavy atom. The Hall–Kier alpha value is -3.06. The molecular formula is C16H14N2O5. The first kappa shape index (κ1) is 16.3. The zero-order valence-corrected chi connectivity index (χ0v) is 12.8. The maximum absolute atomic E-state index is 12.3. The molecule has 1 aromatic carbocycles. The van der Waals surface area contributed by atoms with Crippen molar-refractivity contribution in [3.63, 3.8) is 0 Å². The van der Waals surface area contributed by atoms with Crippen LogP contribution in [0.3, 0.4) is 0 Å². The molecule has 1 aliphatic rings. The van der Waals surface area contributed by atoms with E-state index in [1.54, 1.807) is 36.4 Å². The van der Waals surface area contributed by atoms with Crippen molar-refractivity contribution in [3.05, 3.63) is 29.8 Å². The first-order valence-electron chi connectivity index (χ1n) is 6.64. The lowest BCUT2D eigenvalue weighted by Crippen LogP contribution is -2.34. The van der Waals surface area contributed by atoms with Gasteiger partial charge >= 0.3 is 11.9 Å². The second-order valence-electron chi connectivity index (χ2n) is 5.00. The van der Waals surface area contributed by atoms with Gasteiger partial charge in [0.25, 0.3) is 0 Å². The van der Waals surface area contributed by atoms with E-state index in [9.17, 15) is 20.1 Å². The van der Waals surface area contributed by atoms with Gasteiger partial charge in [-0.3, -0.25) is 9.59 Å². The molecule has 0 N–H and O–H groups in total. The third-order valence-electron chi connectivity index (χ3n) is 4.22. The lowest BCUT2D eigenvalue weighted by atomic mass is 9.95. The van der Waals surface area contributed by atoms with Crippen LogP contribution in [-0.4, -0.2) is 33.3 Å². The van der Waals surface area contributed by atoms with Crippen molar-refractivity contribution in [3.8, 4) is 17.9 Å². The second-order valence-corrected chi connectivity index (χ2v) is 5.00. The second kappa shape index (κ2) is 5.62. The maximum Gasteiger partial charge on any atom is 0.326 e. The van der Waals surface area contributed by atoms with Gasteiger partial charge in [-0.25, -0.2) is 0 Å². The standard InChI is InChI=1S/C16H14N2O5/c1-21-11-7-5-4-6-10(11)12-15(8-17,9-18)16(12,13(19)22-2)14(20)23-3/h4-7,12H,1-3H3. The first-order chi connectivity index (χ1) is 11.0. The summed E-state index contributed by atoms with van der Waals surface area (Å²) < 4.78 is 14.6. The van der Waals surface area contributed by atoms with Gasteiger partial charge in [0.1, 0.15) is 5.75 Å². The van der Waals surface area contributed by atoms with Crippen molar-refractivity contribution in [2.45, 2.75) is 5.92 Å². The number of rotatable bonds is 4. The van der Waals surface area contributed by atoms with Crippen LogP contribution in [0.15, 0.2) is 24.3 Å². The lowest BCUT2D eigenvalue weighted by molar-refractivity contribution is -0.162. The monoisotopic (exact) mass is 314 g/mol. The van der Waals surface area contributed by atoms with Crippen molar-refractivity contribution in [2.24, 2.45) is 10.8 Å². The number of carbonyl (C=O) groups excluding carboxylic acids is 2. The van der Waals surface area contributed by atoms with Crippen molar-refractivity contribution >= 4 is 11.9 Å². The molecule has 118 valence electrons. The normalized spacial score (nSPS) is 19.6. The van der Waals surface area contributed by atoms with E-state index in [0.29, 0.717) is 11.3 Å². The summed E-state index contributed by atoms with van der Waals surface area (Å²) in [4.78, 5) is 24.7. The van der Waals surface area contributed by atoms with Crippen LogP contribution in [0.5, 0.6) is 5.75 Å². The Kier molecular flexibility index (Phi) is 3.98. The van der Waals surface area contributed by atoms with Gasteiger partial charge in [0, 0.05) is 5.56 Å². The topological polar surface area (TPSA) is 109 Å². The molecule has 0 aliphatic heterocycles. The van der Waals surface area contributed by atoms with E-state index in [1.165, 1.54) is 7.11 Å². The predicted molar refractivity (Wildman–Crippen MR) is 75.9 cm³/mol. The van der Waals surface area contributed by atoms with Crippen LogP contribution in [0.2, 0.25) is 0 Å². The fourth-order valence-corrected chi connectivity index (χ4v) is 3.14. The molecule has 1 fully saturated rings. The molecule has 0 radical (unpaired) electrons. The van der Waals surface area contributed by atoms with E-state index in [-0.39, 0.29) is 0 Å². The van der Waals surface area contributed by atoms with Crippen LogP contribution >= 0.6 is 0 Å². The smallest absolute Gasteiger partial charge is 0.326 e. The van der Waals surface area contributed by atoms with E-state index >= 15 is 0 Å². The summed E-state index contributed by atoms with van der Waals surface area (Å²) in [6, 6.07) is 10.2. The fourth-order valence-electron chi connectivity index (χ4n) is 3.14. The number of hydrogen-bond donors (Lipinski definition) is 0. The number of para-hydroxylation sites is 1. The highest BCUT2D eigenvalue weighted by molar-refractivity contribution is 6.09. The highest BCUT2D eigenvalue weighted by Crippen LogP contribution is 2.75. The highest BCUT2D eigenvalue weighted by Gasteiger charge is 2.89. The van der Waals surface area contributed by atoms with E-state index in [0.717, 1.165) is 14.2 Å². The molecule has 0 spiro atoms. The van der Waals surface area contributed by atoms with Crippen molar-refractivity contribution in [1.29, 1.82) is 10.5 Å². The lowest BCUT2D eigenvalue weighted by Gasteiger charge is -2.13. The van der Waals surface area contributed by atoms with Crippen LogP contribution in [0.25, 0.3) is 0 Å². The third kappa shape index (κ3) is 1.80. The van der Waals surface area contributed by atoms with Crippen LogP contribution in [0.4, 0.5) is 0 Å². The van der Waals surface area contributed by atoms with Crippen molar-refractivity contribution in [2.75, 3.05) is 21.3 Å². The highest BCUT2D eigenvalue weighted by atomic mass is 16.5. The number of esters is 2. The summed E-state index contributed by atoms with van der Waals surface area (Å²) in [5.74, 6) is -2.64. The molecule has 7 nitrogen and oxygen atoms in total. The van der Waals surface area contributed by atoms with E-state index in [4.69, 9.17) is 14.2 Å². The summed E-state index contributed by atoms with van der Waals surface area (Å²) in [6.45, 7) is 0. The molecule has 0 bridgehead atoms. The van der Waals surface area contributed by atoms with Crippen LogP contribution in [0, 0.1) is 33.5 Å². The SMILES string of the molecule is COC(=O)C1(C(=O)OC)C(c2ccccc2OC)C1(C#N)C#N. The number of methoxy groups -OCH3 is 3. The molecule has 1 aromatic rings. The van der Waals surface area contributed by atoms with Crippen molar-refractivity contribution in [1.82, 2.24) is 0 Å². The van der Waals surface area contributed by atoms with Crippen LogP contribution < -0.4 is 4.74 Å². The van der Waals surface area contributed by atoms with Crippen LogP contribution in [0.1, 0.15) is 11.5 Å². The van der Waals surface area contributed by atoms with Gasteiger partial charge < -0.3 is 14.2 Å². The summed E-state index contributed by atoms with van der Waals surface area (Å²) in [6.07, 6.45) is 0. The zero-order chi connectivity index (χ0) is 17.3. The van der Waals surface area contributed by atoms with Gasteiger partial charge in [0.2, 0.25) is 5.41 Å². The van der Waals surface area contributed by atoms with E-state index < -0.39 is 28.7 Å².